The van der Waals surface area contributed by atoms with Crippen molar-refractivity contribution in [3.8, 4) is 11.1 Å². The zero-order chi connectivity index (χ0) is 24.9. The molecular formula is C30H38N2O2. The maximum absolute atomic E-state index is 13.7. The summed E-state index contributed by atoms with van der Waals surface area (Å²) in [5, 5.41) is 0. The number of pyridine rings is 1. The first-order valence-corrected chi connectivity index (χ1v) is 12.2. The first-order valence-electron chi connectivity index (χ1n) is 12.2. The SMILES string of the molecule is CCc1ccc(-c2c(CN)c(CC(C)C)nc(Cc3ccccc3)c2C(=O)OC(C)(C)C)cc1. The second kappa shape index (κ2) is 11.0. The zero-order valence-electron chi connectivity index (χ0n) is 21.4. The van der Waals surface area contributed by atoms with E-state index in [2.05, 4.69) is 57.2 Å². The summed E-state index contributed by atoms with van der Waals surface area (Å²) >= 11 is 0. The van der Waals surface area contributed by atoms with Gasteiger partial charge in [-0.05, 0) is 61.8 Å². The Labute approximate surface area is 204 Å². The molecular weight excluding hydrogens is 420 g/mol. The molecule has 180 valence electrons. The van der Waals surface area contributed by atoms with Crippen LogP contribution < -0.4 is 5.73 Å². The lowest BCUT2D eigenvalue weighted by Crippen LogP contribution is -2.26. The van der Waals surface area contributed by atoms with Gasteiger partial charge in [-0.25, -0.2) is 4.79 Å². The maximum atomic E-state index is 13.7. The summed E-state index contributed by atoms with van der Waals surface area (Å²) < 4.78 is 5.91. The maximum Gasteiger partial charge on any atom is 0.341 e. The first kappa shape index (κ1) is 25.6. The van der Waals surface area contributed by atoms with Crippen molar-refractivity contribution < 1.29 is 9.53 Å². The van der Waals surface area contributed by atoms with Crippen LogP contribution in [0.1, 0.15) is 80.0 Å². The van der Waals surface area contributed by atoms with E-state index in [1.165, 1.54) is 5.56 Å². The Balaban J connectivity index is 2.34. The van der Waals surface area contributed by atoms with Crippen molar-refractivity contribution in [1.29, 1.82) is 0 Å². The zero-order valence-corrected chi connectivity index (χ0v) is 21.4. The predicted molar refractivity (Wildman–Crippen MR) is 140 cm³/mol. The predicted octanol–water partition coefficient (Wildman–Crippen LogP) is 6.51. The molecule has 0 aliphatic carbocycles. The topological polar surface area (TPSA) is 65.2 Å². The molecule has 4 nitrogen and oxygen atoms in total. The number of nitrogens with zero attached hydrogens (tertiary/aromatic N) is 1. The van der Waals surface area contributed by atoms with Gasteiger partial charge in [0.15, 0.2) is 0 Å². The molecule has 0 saturated heterocycles. The van der Waals surface area contributed by atoms with Crippen LogP contribution >= 0.6 is 0 Å². The van der Waals surface area contributed by atoms with Crippen LogP contribution in [0.3, 0.4) is 0 Å². The lowest BCUT2D eigenvalue weighted by molar-refractivity contribution is 0.00687. The van der Waals surface area contributed by atoms with Crippen molar-refractivity contribution in [2.24, 2.45) is 11.7 Å². The third-order valence-electron chi connectivity index (χ3n) is 5.73. The number of hydrogen-bond donors (Lipinski definition) is 1. The van der Waals surface area contributed by atoms with E-state index >= 15 is 0 Å². The molecule has 3 aromatic rings. The van der Waals surface area contributed by atoms with Crippen LogP contribution in [-0.2, 0) is 30.5 Å². The molecule has 3 rings (SSSR count). The fourth-order valence-electron chi connectivity index (χ4n) is 4.19. The summed E-state index contributed by atoms with van der Waals surface area (Å²) in [5.41, 5.74) is 13.0. The Kier molecular flexibility index (Phi) is 8.27. The average molecular weight is 459 g/mol. The number of aryl methyl sites for hydroxylation is 1. The van der Waals surface area contributed by atoms with Gasteiger partial charge in [0.2, 0.25) is 0 Å². The summed E-state index contributed by atoms with van der Waals surface area (Å²) in [6, 6.07) is 18.6. The van der Waals surface area contributed by atoms with Crippen LogP contribution in [0.15, 0.2) is 54.6 Å². The lowest BCUT2D eigenvalue weighted by atomic mass is 9.88. The highest BCUT2D eigenvalue weighted by Crippen LogP contribution is 2.35. The fraction of sp³-hybridized carbons (Fsp3) is 0.400. The Hall–Kier alpha value is -2.98. The number of hydrogen-bond acceptors (Lipinski definition) is 4. The van der Waals surface area contributed by atoms with Gasteiger partial charge in [-0.15, -0.1) is 0 Å². The molecule has 2 N–H and O–H groups in total. The van der Waals surface area contributed by atoms with Gasteiger partial charge in [-0.1, -0.05) is 75.4 Å². The summed E-state index contributed by atoms with van der Waals surface area (Å²) in [6.45, 7) is 12.5. The molecule has 0 aliphatic rings. The minimum absolute atomic E-state index is 0.307. The normalized spacial score (nSPS) is 11.6. The molecule has 34 heavy (non-hydrogen) atoms. The van der Waals surface area contributed by atoms with Crippen molar-refractivity contribution in [2.75, 3.05) is 0 Å². The lowest BCUT2D eigenvalue weighted by Gasteiger charge is -2.25. The molecule has 0 unspecified atom stereocenters. The van der Waals surface area contributed by atoms with E-state index in [0.29, 0.717) is 24.4 Å². The number of nitrogens with two attached hydrogens (primary N) is 1. The molecule has 0 spiro atoms. The van der Waals surface area contributed by atoms with E-state index in [9.17, 15) is 4.79 Å². The molecule has 1 heterocycles. The highest BCUT2D eigenvalue weighted by atomic mass is 16.6. The fourth-order valence-corrected chi connectivity index (χ4v) is 4.19. The number of rotatable bonds is 8. The van der Waals surface area contributed by atoms with Crippen LogP contribution in [0.25, 0.3) is 11.1 Å². The van der Waals surface area contributed by atoms with E-state index in [-0.39, 0.29) is 5.97 Å². The van der Waals surface area contributed by atoms with Crippen LogP contribution in [0.4, 0.5) is 0 Å². The number of carbonyl (C=O) groups excluding carboxylic acids is 1. The second-order valence-corrected chi connectivity index (χ2v) is 10.3. The quantitative estimate of drug-likeness (QED) is 0.391. The molecule has 0 bridgehead atoms. The summed E-state index contributed by atoms with van der Waals surface area (Å²) in [5.74, 6) is 0.0522. The minimum Gasteiger partial charge on any atom is -0.456 e. The van der Waals surface area contributed by atoms with Gasteiger partial charge in [0.25, 0.3) is 0 Å². The Bertz CT molecular complexity index is 1110. The van der Waals surface area contributed by atoms with E-state index in [1.54, 1.807) is 0 Å². The number of ether oxygens (including phenoxy) is 1. The highest BCUT2D eigenvalue weighted by Gasteiger charge is 2.29. The van der Waals surface area contributed by atoms with E-state index in [1.807, 2.05) is 39.0 Å². The van der Waals surface area contributed by atoms with Gasteiger partial charge in [0.1, 0.15) is 5.60 Å². The number of aromatic nitrogens is 1. The van der Waals surface area contributed by atoms with Crippen molar-refractivity contribution in [2.45, 2.75) is 73.0 Å². The van der Waals surface area contributed by atoms with Crippen molar-refractivity contribution in [3.05, 3.63) is 88.2 Å². The molecule has 0 radical (unpaired) electrons. The van der Waals surface area contributed by atoms with Crippen LogP contribution in [0.5, 0.6) is 0 Å². The van der Waals surface area contributed by atoms with Crippen LogP contribution in [0, 0.1) is 5.92 Å². The molecule has 1 aromatic heterocycles. The molecule has 0 fully saturated rings. The molecule has 4 heteroatoms. The Morgan fingerprint density at radius 3 is 2.15 bits per heavy atom. The molecule has 0 amide bonds. The standard InChI is InChI=1S/C30H38N2O2/c1-7-21-13-15-23(16-14-21)27-24(19-31)25(17-20(2)3)32-26(18-22-11-9-8-10-12-22)28(27)29(33)34-30(4,5)6/h8-16,20H,7,17-19,31H2,1-6H3. The van der Waals surface area contributed by atoms with E-state index in [0.717, 1.165) is 46.5 Å². The van der Waals surface area contributed by atoms with Crippen molar-refractivity contribution in [3.63, 3.8) is 0 Å². The van der Waals surface area contributed by atoms with Gasteiger partial charge in [-0.3, -0.25) is 4.98 Å². The van der Waals surface area contributed by atoms with Gasteiger partial charge in [0, 0.05) is 24.2 Å². The number of carbonyl (C=O) groups is 1. The van der Waals surface area contributed by atoms with Crippen LogP contribution in [0.2, 0.25) is 0 Å². The van der Waals surface area contributed by atoms with Gasteiger partial charge >= 0.3 is 5.97 Å². The largest absolute Gasteiger partial charge is 0.456 e. The smallest absolute Gasteiger partial charge is 0.341 e. The number of benzene rings is 2. The third-order valence-corrected chi connectivity index (χ3v) is 5.73. The highest BCUT2D eigenvalue weighted by molar-refractivity contribution is 6.00. The molecule has 0 atom stereocenters. The van der Waals surface area contributed by atoms with Crippen LogP contribution in [-0.4, -0.2) is 16.6 Å². The van der Waals surface area contributed by atoms with Gasteiger partial charge in [-0.2, -0.15) is 0 Å². The molecule has 2 aromatic carbocycles. The Morgan fingerprint density at radius 1 is 0.971 bits per heavy atom. The van der Waals surface area contributed by atoms with Crippen molar-refractivity contribution in [1.82, 2.24) is 4.98 Å². The summed E-state index contributed by atoms with van der Waals surface area (Å²) in [6.07, 6.45) is 2.30. The number of esters is 1. The molecule has 0 aliphatic heterocycles. The van der Waals surface area contributed by atoms with E-state index < -0.39 is 5.60 Å². The molecule has 0 saturated carbocycles. The third kappa shape index (κ3) is 6.32. The van der Waals surface area contributed by atoms with E-state index in [4.69, 9.17) is 15.5 Å². The van der Waals surface area contributed by atoms with Crippen molar-refractivity contribution >= 4 is 5.97 Å². The first-order chi connectivity index (χ1) is 16.1. The Morgan fingerprint density at radius 2 is 1.62 bits per heavy atom. The summed E-state index contributed by atoms with van der Waals surface area (Å²) in [4.78, 5) is 18.8. The monoisotopic (exact) mass is 458 g/mol. The minimum atomic E-state index is -0.621. The average Bonchev–Trinajstić information content (AvgIpc) is 2.78. The summed E-state index contributed by atoms with van der Waals surface area (Å²) in [7, 11) is 0. The second-order valence-electron chi connectivity index (χ2n) is 10.3. The van der Waals surface area contributed by atoms with Gasteiger partial charge < -0.3 is 10.5 Å². The van der Waals surface area contributed by atoms with Gasteiger partial charge in [0.05, 0.1) is 11.3 Å².